The van der Waals surface area contributed by atoms with E-state index in [4.69, 9.17) is 9.47 Å². The number of hydrogen-bond donors (Lipinski definition) is 1. The van der Waals surface area contributed by atoms with Gasteiger partial charge >= 0.3 is 0 Å². The molecule has 4 aliphatic rings. The summed E-state index contributed by atoms with van der Waals surface area (Å²) in [6.07, 6.45) is 3.62. The summed E-state index contributed by atoms with van der Waals surface area (Å²) in [4.78, 5) is 15.2. The van der Waals surface area contributed by atoms with E-state index in [0.29, 0.717) is 11.8 Å². The topological polar surface area (TPSA) is 50.8 Å². The maximum atomic E-state index is 12.8. The van der Waals surface area contributed by atoms with Crippen LogP contribution in [0.3, 0.4) is 0 Å². The third kappa shape index (κ3) is 3.70. The summed E-state index contributed by atoms with van der Waals surface area (Å²) in [6.45, 7) is 14.2. The van der Waals surface area contributed by atoms with Crippen molar-refractivity contribution in [3.05, 3.63) is 35.4 Å². The highest BCUT2D eigenvalue weighted by Gasteiger charge is 2.68. The van der Waals surface area contributed by atoms with E-state index in [0.717, 1.165) is 45.9 Å². The van der Waals surface area contributed by atoms with E-state index in [1.54, 1.807) is 0 Å². The molecule has 5 heteroatoms. The smallest absolute Gasteiger partial charge is 0.222 e. The zero-order valence-corrected chi connectivity index (χ0v) is 20.2. The quantitative estimate of drug-likeness (QED) is 0.747. The molecule has 0 radical (unpaired) electrons. The van der Waals surface area contributed by atoms with Gasteiger partial charge in [0.05, 0.1) is 19.3 Å². The fraction of sp³-hybridized carbons (Fsp3) is 0.741. The summed E-state index contributed by atoms with van der Waals surface area (Å²) in [5.74, 6) is 1.34. The Labute approximate surface area is 193 Å². The maximum Gasteiger partial charge on any atom is 0.222 e. The predicted octanol–water partition coefficient (Wildman–Crippen LogP) is 4.17. The first-order valence-corrected chi connectivity index (χ1v) is 12.6. The molecule has 5 rings (SSSR count). The Hall–Kier alpha value is -1.43. The van der Waals surface area contributed by atoms with Crippen LogP contribution >= 0.6 is 0 Å². The predicted molar refractivity (Wildman–Crippen MR) is 125 cm³/mol. The van der Waals surface area contributed by atoms with E-state index in [1.165, 1.54) is 24.0 Å². The van der Waals surface area contributed by atoms with Crippen molar-refractivity contribution in [2.45, 2.75) is 65.6 Å². The second kappa shape index (κ2) is 8.41. The summed E-state index contributed by atoms with van der Waals surface area (Å²) < 4.78 is 12.0. The highest BCUT2D eigenvalue weighted by Crippen LogP contribution is 2.70. The van der Waals surface area contributed by atoms with Crippen LogP contribution in [0.15, 0.2) is 24.3 Å². The Morgan fingerprint density at radius 1 is 1.22 bits per heavy atom. The number of carbonyl (C=O) groups is 1. The van der Waals surface area contributed by atoms with Crippen LogP contribution in [0.25, 0.3) is 0 Å². The number of hydrogen-bond acceptors (Lipinski definition) is 4. The number of amides is 1. The lowest BCUT2D eigenvalue weighted by Gasteiger charge is -2.53. The molecule has 1 amide bonds. The largest absolute Gasteiger partial charge is 0.379 e. The lowest BCUT2D eigenvalue weighted by atomic mass is 9.58. The number of morpholine rings is 1. The number of carbonyl (C=O) groups excluding carboxylic acids is 1. The Morgan fingerprint density at radius 2 is 2.00 bits per heavy atom. The van der Waals surface area contributed by atoms with Gasteiger partial charge in [-0.15, -0.1) is 0 Å². The summed E-state index contributed by atoms with van der Waals surface area (Å²) in [6, 6.07) is 9.30. The average Bonchev–Trinajstić information content (AvgIpc) is 3.27. The number of benzene rings is 1. The Balaban J connectivity index is 1.40. The minimum Gasteiger partial charge on any atom is -0.379 e. The molecule has 5 atom stereocenters. The highest BCUT2D eigenvalue weighted by atomic mass is 16.5. The van der Waals surface area contributed by atoms with Gasteiger partial charge in [0.25, 0.3) is 0 Å². The third-order valence-corrected chi connectivity index (χ3v) is 9.11. The van der Waals surface area contributed by atoms with E-state index in [1.807, 2.05) is 13.8 Å². The molecule has 0 aromatic heterocycles. The molecule has 1 N–H and O–H groups in total. The fourth-order valence-corrected chi connectivity index (χ4v) is 7.31. The minimum atomic E-state index is 0.0206. The number of nitrogens with one attached hydrogen (secondary N) is 1. The zero-order chi connectivity index (χ0) is 22.5. The Morgan fingerprint density at radius 3 is 2.75 bits per heavy atom. The van der Waals surface area contributed by atoms with Gasteiger partial charge in [0.1, 0.15) is 0 Å². The molecular formula is C27H40N2O3. The van der Waals surface area contributed by atoms with E-state index in [9.17, 15) is 4.79 Å². The minimum absolute atomic E-state index is 0.0206. The first-order valence-electron chi connectivity index (χ1n) is 12.6. The van der Waals surface area contributed by atoms with Crippen LogP contribution < -0.4 is 5.32 Å². The van der Waals surface area contributed by atoms with Crippen molar-refractivity contribution in [1.82, 2.24) is 10.2 Å². The Bertz CT molecular complexity index is 847. The summed E-state index contributed by atoms with van der Waals surface area (Å²) >= 11 is 0. The SMILES string of the molecule is CC(C)C(=O)N[C@H]1C(C)(C)[C@@H]2C[C@@H]3[C@@H](c4cccc(CN5CCOCC5)c4)OCCC31C2. The molecule has 1 unspecified atom stereocenters. The molecule has 1 spiro atoms. The van der Waals surface area contributed by atoms with Crippen molar-refractivity contribution < 1.29 is 14.3 Å². The number of nitrogens with zero attached hydrogens (tertiary/aromatic N) is 1. The van der Waals surface area contributed by atoms with Gasteiger partial charge in [0.15, 0.2) is 0 Å². The van der Waals surface area contributed by atoms with E-state index in [-0.39, 0.29) is 34.8 Å². The molecule has 2 bridgehead atoms. The monoisotopic (exact) mass is 440 g/mol. The molecule has 1 aromatic rings. The molecule has 2 aliphatic carbocycles. The van der Waals surface area contributed by atoms with Crippen molar-refractivity contribution in [3.8, 4) is 0 Å². The van der Waals surface area contributed by atoms with Gasteiger partial charge in [-0.1, -0.05) is 52.0 Å². The van der Waals surface area contributed by atoms with Gasteiger partial charge in [0, 0.05) is 38.2 Å². The first kappa shape index (κ1) is 22.4. The van der Waals surface area contributed by atoms with Crippen molar-refractivity contribution >= 4 is 5.91 Å². The van der Waals surface area contributed by atoms with E-state index < -0.39 is 0 Å². The van der Waals surface area contributed by atoms with Crippen LogP contribution in [-0.4, -0.2) is 49.8 Å². The average molecular weight is 441 g/mol. The second-order valence-electron chi connectivity index (χ2n) is 11.6. The second-order valence-corrected chi connectivity index (χ2v) is 11.6. The lowest BCUT2D eigenvalue weighted by Crippen LogP contribution is -2.59. The third-order valence-electron chi connectivity index (χ3n) is 9.11. The summed E-state index contributed by atoms with van der Waals surface area (Å²) in [7, 11) is 0. The van der Waals surface area contributed by atoms with Gasteiger partial charge in [-0.2, -0.15) is 0 Å². The van der Waals surface area contributed by atoms with Crippen molar-refractivity contribution in [2.75, 3.05) is 32.9 Å². The molecule has 2 saturated heterocycles. The van der Waals surface area contributed by atoms with E-state index in [2.05, 4.69) is 48.3 Å². The molecule has 32 heavy (non-hydrogen) atoms. The van der Waals surface area contributed by atoms with Crippen LogP contribution in [0.2, 0.25) is 0 Å². The fourth-order valence-electron chi connectivity index (χ4n) is 7.31. The Kier molecular flexibility index (Phi) is 5.88. The van der Waals surface area contributed by atoms with Crippen molar-refractivity contribution in [2.24, 2.45) is 28.6 Å². The molecule has 2 heterocycles. The van der Waals surface area contributed by atoms with Gasteiger partial charge in [-0.3, -0.25) is 9.69 Å². The molecule has 5 nitrogen and oxygen atoms in total. The molecular weight excluding hydrogens is 400 g/mol. The van der Waals surface area contributed by atoms with Crippen LogP contribution in [0.4, 0.5) is 0 Å². The maximum absolute atomic E-state index is 12.8. The van der Waals surface area contributed by atoms with Crippen LogP contribution in [0, 0.1) is 28.6 Å². The normalized spacial score (nSPS) is 36.3. The van der Waals surface area contributed by atoms with E-state index >= 15 is 0 Å². The first-order chi connectivity index (χ1) is 15.3. The van der Waals surface area contributed by atoms with Gasteiger partial charge < -0.3 is 14.8 Å². The van der Waals surface area contributed by atoms with Crippen LogP contribution in [0.5, 0.6) is 0 Å². The standard InChI is InChI=1S/C27H40N2O3/c1-18(2)24(30)28-25-26(3,4)21-15-22-23(32-11-8-27(22,25)16-21)20-7-5-6-19(14-20)17-29-9-12-31-13-10-29/h5-7,14,18,21-23,25H,8-13,15-17H2,1-4H3,(H,28,30)/t21-,22-,23-,25+,27?/m1/s1. The molecule has 1 aromatic carbocycles. The summed E-state index contributed by atoms with van der Waals surface area (Å²) in [5, 5.41) is 3.51. The summed E-state index contributed by atoms with van der Waals surface area (Å²) in [5.41, 5.74) is 2.98. The van der Waals surface area contributed by atoms with Gasteiger partial charge in [-0.05, 0) is 53.1 Å². The molecule has 2 aliphatic heterocycles. The van der Waals surface area contributed by atoms with Crippen LogP contribution in [-0.2, 0) is 20.8 Å². The molecule has 176 valence electrons. The molecule has 4 fully saturated rings. The highest BCUT2D eigenvalue weighted by molar-refractivity contribution is 5.78. The zero-order valence-electron chi connectivity index (χ0n) is 20.2. The number of rotatable bonds is 5. The van der Waals surface area contributed by atoms with Gasteiger partial charge in [0.2, 0.25) is 5.91 Å². The van der Waals surface area contributed by atoms with Crippen molar-refractivity contribution in [1.29, 1.82) is 0 Å². The number of fused-ring (bicyclic) bond motifs is 1. The van der Waals surface area contributed by atoms with Crippen molar-refractivity contribution in [3.63, 3.8) is 0 Å². The number of ether oxygens (including phenoxy) is 2. The van der Waals surface area contributed by atoms with Crippen LogP contribution in [0.1, 0.15) is 64.2 Å². The lowest BCUT2D eigenvalue weighted by molar-refractivity contribution is -0.139. The van der Waals surface area contributed by atoms with Gasteiger partial charge in [-0.25, -0.2) is 0 Å². The molecule has 2 saturated carbocycles.